The monoisotopic (exact) mass is 265 g/mol. The van der Waals surface area contributed by atoms with Crippen molar-refractivity contribution in [2.45, 2.75) is 38.8 Å². The molecule has 2 N–H and O–H groups in total. The van der Waals surface area contributed by atoms with Gasteiger partial charge in [-0.3, -0.25) is 0 Å². The number of hydrogen-bond donors (Lipinski definition) is 1. The number of urea groups is 1. The van der Waals surface area contributed by atoms with Crippen molar-refractivity contribution in [1.82, 2.24) is 9.80 Å². The molecule has 1 aromatic heterocycles. The van der Waals surface area contributed by atoms with Crippen LogP contribution in [0.2, 0.25) is 0 Å². The summed E-state index contributed by atoms with van der Waals surface area (Å²) in [6, 6.07) is 3.92. The van der Waals surface area contributed by atoms with Crippen LogP contribution in [0.5, 0.6) is 0 Å². The molecule has 0 radical (unpaired) electrons. The van der Waals surface area contributed by atoms with Crippen LogP contribution in [-0.4, -0.2) is 41.5 Å². The topological polar surface area (TPSA) is 62.7 Å². The molecule has 0 bridgehead atoms. The molecule has 0 aromatic carbocycles. The minimum absolute atomic E-state index is 0.00193. The third-order valence-corrected chi connectivity index (χ3v) is 3.55. The van der Waals surface area contributed by atoms with Crippen LogP contribution in [0.3, 0.4) is 0 Å². The van der Waals surface area contributed by atoms with E-state index in [4.69, 9.17) is 10.2 Å². The summed E-state index contributed by atoms with van der Waals surface area (Å²) in [7, 11) is 1.82. The van der Waals surface area contributed by atoms with Gasteiger partial charge >= 0.3 is 6.03 Å². The number of amides is 2. The van der Waals surface area contributed by atoms with Crippen molar-refractivity contribution in [1.29, 1.82) is 0 Å². The van der Waals surface area contributed by atoms with Crippen LogP contribution in [0.4, 0.5) is 4.79 Å². The predicted molar refractivity (Wildman–Crippen MR) is 73.8 cm³/mol. The van der Waals surface area contributed by atoms with E-state index in [2.05, 4.69) is 0 Å². The maximum absolute atomic E-state index is 12.2. The average Bonchev–Trinajstić information content (AvgIpc) is 2.83. The van der Waals surface area contributed by atoms with Crippen LogP contribution >= 0.6 is 0 Å². The second kappa shape index (κ2) is 4.89. The molecular weight excluding hydrogens is 242 g/mol. The van der Waals surface area contributed by atoms with Gasteiger partial charge in [0.05, 0.1) is 6.54 Å². The molecule has 0 saturated carbocycles. The van der Waals surface area contributed by atoms with Gasteiger partial charge in [-0.05, 0) is 39.3 Å². The van der Waals surface area contributed by atoms with Crippen molar-refractivity contribution in [2.24, 2.45) is 5.73 Å². The van der Waals surface area contributed by atoms with E-state index in [1.807, 2.05) is 44.9 Å². The zero-order valence-corrected chi connectivity index (χ0v) is 12.1. The van der Waals surface area contributed by atoms with Gasteiger partial charge in [-0.15, -0.1) is 0 Å². The molecule has 1 unspecified atom stereocenters. The molecule has 0 aliphatic carbocycles. The number of carbonyl (C=O) groups is 1. The van der Waals surface area contributed by atoms with E-state index in [0.29, 0.717) is 13.1 Å². The summed E-state index contributed by atoms with van der Waals surface area (Å²) in [5.41, 5.74) is 5.72. The summed E-state index contributed by atoms with van der Waals surface area (Å²) < 4.78 is 5.63. The first-order valence-corrected chi connectivity index (χ1v) is 6.65. The van der Waals surface area contributed by atoms with Crippen LogP contribution in [-0.2, 0) is 0 Å². The highest BCUT2D eigenvalue weighted by molar-refractivity contribution is 5.77. The smallest absolute Gasteiger partial charge is 0.320 e. The van der Waals surface area contributed by atoms with Gasteiger partial charge in [-0.1, -0.05) is 0 Å². The quantitative estimate of drug-likeness (QED) is 0.907. The van der Waals surface area contributed by atoms with Gasteiger partial charge in [0.15, 0.2) is 0 Å². The fourth-order valence-corrected chi connectivity index (χ4v) is 2.29. The number of rotatable bonds is 4. The van der Waals surface area contributed by atoms with Gasteiger partial charge in [-0.2, -0.15) is 0 Å². The summed E-state index contributed by atoms with van der Waals surface area (Å²) in [5.74, 6) is 1.72. The van der Waals surface area contributed by atoms with Gasteiger partial charge in [0.25, 0.3) is 0 Å². The lowest BCUT2D eigenvalue weighted by molar-refractivity contribution is 0.191. The largest absolute Gasteiger partial charge is 0.464 e. The van der Waals surface area contributed by atoms with E-state index in [-0.39, 0.29) is 17.6 Å². The Balaban J connectivity index is 2.04. The molecule has 5 nitrogen and oxygen atoms in total. The zero-order chi connectivity index (χ0) is 14.2. The molecule has 5 heteroatoms. The first-order valence-electron chi connectivity index (χ1n) is 6.65. The zero-order valence-electron chi connectivity index (χ0n) is 12.1. The summed E-state index contributed by atoms with van der Waals surface area (Å²) in [5, 5.41) is 0. The highest BCUT2D eigenvalue weighted by atomic mass is 16.3. The minimum Gasteiger partial charge on any atom is -0.464 e. The lowest BCUT2D eigenvalue weighted by atomic mass is 10.0. The number of nitrogens with two attached hydrogens (primary N) is 1. The molecule has 1 saturated heterocycles. The van der Waals surface area contributed by atoms with Crippen molar-refractivity contribution >= 4 is 6.03 Å². The van der Waals surface area contributed by atoms with E-state index in [0.717, 1.165) is 17.9 Å². The SMILES string of the molecule is Cc1ccc(C2CN(CCC(C)(C)N)C(=O)N2C)o1. The van der Waals surface area contributed by atoms with Crippen molar-refractivity contribution in [3.05, 3.63) is 23.7 Å². The molecule has 0 spiro atoms. The van der Waals surface area contributed by atoms with Crippen molar-refractivity contribution in [2.75, 3.05) is 20.1 Å². The van der Waals surface area contributed by atoms with Gasteiger partial charge in [0.2, 0.25) is 0 Å². The van der Waals surface area contributed by atoms with Crippen LogP contribution < -0.4 is 5.73 Å². The van der Waals surface area contributed by atoms with Crippen molar-refractivity contribution in [3.63, 3.8) is 0 Å². The van der Waals surface area contributed by atoms with E-state index >= 15 is 0 Å². The van der Waals surface area contributed by atoms with E-state index in [9.17, 15) is 4.79 Å². The lowest BCUT2D eigenvalue weighted by Crippen LogP contribution is -2.38. The summed E-state index contributed by atoms with van der Waals surface area (Å²) >= 11 is 0. The molecule has 1 atom stereocenters. The van der Waals surface area contributed by atoms with Gasteiger partial charge in [-0.25, -0.2) is 4.79 Å². The Bertz CT molecular complexity index is 462. The van der Waals surface area contributed by atoms with E-state index in [1.165, 1.54) is 0 Å². The average molecular weight is 265 g/mol. The van der Waals surface area contributed by atoms with E-state index < -0.39 is 0 Å². The summed E-state index contributed by atoms with van der Waals surface area (Å²) in [4.78, 5) is 15.8. The Morgan fingerprint density at radius 1 is 1.47 bits per heavy atom. The van der Waals surface area contributed by atoms with Crippen LogP contribution in [0.25, 0.3) is 0 Å². The van der Waals surface area contributed by atoms with Crippen molar-refractivity contribution in [3.8, 4) is 0 Å². The Morgan fingerprint density at radius 3 is 2.68 bits per heavy atom. The van der Waals surface area contributed by atoms with Gasteiger partial charge in [0, 0.05) is 19.1 Å². The molecule has 2 rings (SSSR count). The molecular formula is C14H23N3O2. The fraction of sp³-hybridized carbons (Fsp3) is 0.643. The molecule has 1 aliphatic heterocycles. The Morgan fingerprint density at radius 2 is 2.16 bits per heavy atom. The number of hydrogen-bond acceptors (Lipinski definition) is 3. The predicted octanol–water partition coefficient (Wildman–Crippen LogP) is 2.12. The minimum atomic E-state index is -0.252. The first-order chi connectivity index (χ1) is 8.78. The Kier molecular flexibility index (Phi) is 3.58. The second-order valence-electron chi connectivity index (χ2n) is 6.04. The standard InChI is InChI=1S/C14H23N3O2/c1-10-5-6-12(19-10)11-9-17(13(18)16(11)4)8-7-14(2,3)15/h5-6,11H,7-9,15H2,1-4H3. The highest BCUT2D eigenvalue weighted by Crippen LogP contribution is 2.29. The van der Waals surface area contributed by atoms with Gasteiger partial charge in [0.1, 0.15) is 17.6 Å². The molecule has 1 aliphatic rings. The number of likely N-dealkylation sites (N-methyl/N-ethyl adjacent to an activating group) is 1. The van der Waals surface area contributed by atoms with Crippen molar-refractivity contribution < 1.29 is 9.21 Å². The number of aryl methyl sites for hydroxylation is 1. The maximum Gasteiger partial charge on any atom is 0.320 e. The second-order valence-corrected chi connectivity index (χ2v) is 6.04. The molecule has 1 fully saturated rings. The number of furan rings is 1. The summed E-state index contributed by atoms with van der Waals surface area (Å²) in [6.07, 6.45) is 0.788. The van der Waals surface area contributed by atoms with Crippen LogP contribution in [0.1, 0.15) is 37.8 Å². The lowest BCUT2D eigenvalue weighted by Gasteiger charge is -2.22. The Labute approximate surface area is 114 Å². The molecule has 2 amide bonds. The molecule has 1 aromatic rings. The summed E-state index contributed by atoms with van der Waals surface area (Å²) in [6.45, 7) is 7.21. The fourth-order valence-electron chi connectivity index (χ4n) is 2.29. The normalized spacial score (nSPS) is 20.5. The molecule has 106 valence electrons. The molecule has 19 heavy (non-hydrogen) atoms. The Hall–Kier alpha value is -1.49. The highest BCUT2D eigenvalue weighted by Gasteiger charge is 2.37. The van der Waals surface area contributed by atoms with Gasteiger partial charge < -0.3 is 20.0 Å². The first kappa shape index (κ1) is 13.9. The molecule has 2 heterocycles. The van der Waals surface area contributed by atoms with Crippen LogP contribution in [0.15, 0.2) is 16.5 Å². The maximum atomic E-state index is 12.2. The van der Waals surface area contributed by atoms with Crippen LogP contribution in [0, 0.1) is 6.92 Å². The third kappa shape index (κ3) is 3.10. The third-order valence-electron chi connectivity index (χ3n) is 3.55. The van der Waals surface area contributed by atoms with E-state index in [1.54, 1.807) is 4.90 Å². The number of carbonyl (C=O) groups excluding carboxylic acids is 1. The number of nitrogens with zero attached hydrogens (tertiary/aromatic N) is 2.